The predicted molar refractivity (Wildman–Crippen MR) is 117 cm³/mol. The van der Waals surface area contributed by atoms with Crippen LogP contribution in [0, 0.1) is 11.7 Å². The highest BCUT2D eigenvalue weighted by Gasteiger charge is 2.32. The van der Waals surface area contributed by atoms with Crippen molar-refractivity contribution in [2.24, 2.45) is 5.92 Å². The third-order valence-corrected chi connectivity index (χ3v) is 6.13. The lowest BCUT2D eigenvalue weighted by Gasteiger charge is -2.21. The molecular formula is C24H24FN5O. The van der Waals surface area contributed by atoms with E-state index in [1.165, 1.54) is 12.1 Å². The molecule has 2 atom stereocenters. The largest absolute Gasteiger partial charge is 0.339 e. The number of nitrogens with one attached hydrogen (secondary N) is 1. The number of hydrogen-bond donors (Lipinski definition) is 1. The van der Waals surface area contributed by atoms with Crippen molar-refractivity contribution < 1.29 is 9.18 Å². The first-order valence-corrected chi connectivity index (χ1v) is 10.5. The number of fused-ring (bicyclic) bond motifs is 1. The molecule has 7 heteroatoms. The van der Waals surface area contributed by atoms with Crippen molar-refractivity contribution in [3.8, 4) is 11.1 Å². The van der Waals surface area contributed by atoms with Gasteiger partial charge in [0.1, 0.15) is 5.82 Å². The molecule has 2 unspecified atom stereocenters. The van der Waals surface area contributed by atoms with Gasteiger partial charge < -0.3 is 9.47 Å². The molecule has 1 N–H and O–H groups in total. The maximum absolute atomic E-state index is 13.4. The van der Waals surface area contributed by atoms with Gasteiger partial charge in [0.15, 0.2) is 0 Å². The van der Waals surface area contributed by atoms with E-state index in [0.29, 0.717) is 12.5 Å². The van der Waals surface area contributed by atoms with E-state index in [1.54, 1.807) is 18.3 Å². The molecule has 31 heavy (non-hydrogen) atoms. The average molecular weight is 417 g/mol. The standard InChI is InChI=1S/C24H24FN5O/c1-16-7-18(14-30(16)24(31)9-17-3-2-4-21(25)8-17)13-29-15-26-22-10-19(5-6-23(22)29)20-11-27-28-12-20/h2-6,8,10-12,15-16,18H,7,9,13-14H2,1H3,(H,27,28). The number of carbonyl (C=O) groups excluding carboxylic acids is 1. The lowest BCUT2D eigenvalue weighted by atomic mass is 10.1. The van der Waals surface area contributed by atoms with Crippen molar-refractivity contribution in [1.82, 2.24) is 24.6 Å². The van der Waals surface area contributed by atoms with E-state index < -0.39 is 0 Å². The summed E-state index contributed by atoms with van der Waals surface area (Å²) in [5, 5.41) is 6.85. The van der Waals surface area contributed by atoms with Gasteiger partial charge in [-0.25, -0.2) is 9.37 Å². The molecule has 0 spiro atoms. The highest BCUT2D eigenvalue weighted by molar-refractivity contribution is 5.82. The number of aromatic nitrogens is 4. The van der Waals surface area contributed by atoms with Crippen LogP contribution in [0.2, 0.25) is 0 Å². The Kier molecular flexibility index (Phi) is 5.02. The van der Waals surface area contributed by atoms with E-state index >= 15 is 0 Å². The van der Waals surface area contributed by atoms with Crippen molar-refractivity contribution in [1.29, 1.82) is 0 Å². The van der Waals surface area contributed by atoms with Crippen molar-refractivity contribution in [3.05, 3.63) is 72.6 Å². The number of likely N-dealkylation sites (tertiary alicyclic amines) is 1. The highest BCUT2D eigenvalue weighted by Crippen LogP contribution is 2.28. The molecule has 158 valence electrons. The van der Waals surface area contributed by atoms with E-state index in [-0.39, 0.29) is 24.2 Å². The molecule has 2 aromatic heterocycles. The summed E-state index contributed by atoms with van der Waals surface area (Å²) in [6.07, 6.45) is 6.73. The molecule has 6 nitrogen and oxygen atoms in total. The van der Waals surface area contributed by atoms with Crippen LogP contribution in [0.25, 0.3) is 22.2 Å². The van der Waals surface area contributed by atoms with Crippen LogP contribution in [0.3, 0.4) is 0 Å². The Hall–Kier alpha value is -3.48. The number of carbonyl (C=O) groups is 1. The summed E-state index contributed by atoms with van der Waals surface area (Å²) in [6.45, 7) is 3.62. The first-order valence-electron chi connectivity index (χ1n) is 10.5. The number of nitrogens with zero attached hydrogens (tertiary/aromatic N) is 4. The Morgan fingerprint density at radius 3 is 2.94 bits per heavy atom. The number of hydrogen-bond acceptors (Lipinski definition) is 3. The minimum absolute atomic E-state index is 0.0563. The molecule has 1 fully saturated rings. The Balaban J connectivity index is 1.27. The van der Waals surface area contributed by atoms with Crippen LogP contribution >= 0.6 is 0 Å². The van der Waals surface area contributed by atoms with E-state index in [2.05, 4.69) is 44.9 Å². The summed E-state index contributed by atoms with van der Waals surface area (Å²) in [7, 11) is 0. The molecular weight excluding hydrogens is 393 g/mol. The van der Waals surface area contributed by atoms with Gasteiger partial charge in [0.2, 0.25) is 5.91 Å². The smallest absolute Gasteiger partial charge is 0.227 e. The van der Waals surface area contributed by atoms with Gasteiger partial charge in [0, 0.05) is 30.9 Å². The van der Waals surface area contributed by atoms with Crippen LogP contribution in [0.15, 0.2) is 61.2 Å². The molecule has 5 rings (SSSR count). The highest BCUT2D eigenvalue weighted by atomic mass is 19.1. The Morgan fingerprint density at radius 1 is 1.23 bits per heavy atom. The summed E-state index contributed by atoms with van der Waals surface area (Å²) >= 11 is 0. The Labute approximate surface area is 179 Å². The Bertz CT molecular complexity index is 1220. The third-order valence-electron chi connectivity index (χ3n) is 6.13. The molecule has 0 saturated carbocycles. The van der Waals surface area contributed by atoms with Gasteiger partial charge in [0.25, 0.3) is 0 Å². The molecule has 1 aliphatic heterocycles. The number of H-pyrrole nitrogens is 1. The molecule has 0 bridgehead atoms. The van der Waals surface area contributed by atoms with Crippen molar-refractivity contribution >= 4 is 16.9 Å². The second-order valence-electron chi connectivity index (χ2n) is 8.39. The average Bonchev–Trinajstić information content (AvgIpc) is 3.49. The van der Waals surface area contributed by atoms with Gasteiger partial charge in [-0.1, -0.05) is 18.2 Å². The van der Waals surface area contributed by atoms with E-state index in [0.717, 1.165) is 40.7 Å². The van der Waals surface area contributed by atoms with Crippen LogP contribution in [-0.4, -0.2) is 43.1 Å². The molecule has 3 heterocycles. The molecule has 0 aliphatic carbocycles. The van der Waals surface area contributed by atoms with E-state index in [4.69, 9.17) is 0 Å². The third kappa shape index (κ3) is 3.95. The van der Waals surface area contributed by atoms with Crippen LogP contribution in [0.5, 0.6) is 0 Å². The van der Waals surface area contributed by atoms with Gasteiger partial charge in [-0.2, -0.15) is 5.10 Å². The van der Waals surface area contributed by atoms with E-state index in [1.807, 2.05) is 17.4 Å². The zero-order valence-electron chi connectivity index (χ0n) is 17.3. The summed E-state index contributed by atoms with van der Waals surface area (Å²) < 4.78 is 15.6. The maximum atomic E-state index is 13.4. The zero-order valence-corrected chi connectivity index (χ0v) is 17.3. The van der Waals surface area contributed by atoms with Crippen molar-refractivity contribution in [3.63, 3.8) is 0 Å². The monoisotopic (exact) mass is 417 g/mol. The van der Waals surface area contributed by atoms with Crippen molar-refractivity contribution in [2.75, 3.05) is 6.54 Å². The normalized spacial score (nSPS) is 18.7. The molecule has 4 aromatic rings. The number of rotatable bonds is 5. The molecule has 1 amide bonds. The quantitative estimate of drug-likeness (QED) is 0.533. The van der Waals surface area contributed by atoms with Crippen LogP contribution in [0.4, 0.5) is 4.39 Å². The summed E-state index contributed by atoms with van der Waals surface area (Å²) in [6, 6.07) is 12.7. The fourth-order valence-corrected chi connectivity index (χ4v) is 4.62. The number of halogens is 1. The first kappa shape index (κ1) is 19.5. The zero-order chi connectivity index (χ0) is 21.4. The lowest BCUT2D eigenvalue weighted by molar-refractivity contribution is -0.131. The minimum atomic E-state index is -0.305. The number of aromatic amines is 1. The van der Waals surface area contributed by atoms with Gasteiger partial charge >= 0.3 is 0 Å². The number of imidazole rings is 1. The molecule has 1 saturated heterocycles. The number of benzene rings is 2. The summed E-state index contributed by atoms with van der Waals surface area (Å²) in [5.74, 6) is 0.110. The second kappa shape index (κ2) is 7.98. The van der Waals surface area contributed by atoms with Gasteiger partial charge in [-0.15, -0.1) is 0 Å². The van der Waals surface area contributed by atoms with Crippen molar-refractivity contribution in [2.45, 2.75) is 32.4 Å². The van der Waals surface area contributed by atoms with E-state index in [9.17, 15) is 9.18 Å². The fraction of sp³-hybridized carbons (Fsp3) is 0.292. The van der Waals surface area contributed by atoms with Gasteiger partial charge in [0.05, 0.1) is 30.0 Å². The van der Waals surface area contributed by atoms with Crippen LogP contribution < -0.4 is 0 Å². The molecule has 0 radical (unpaired) electrons. The number of amides is 1. The summed E-state index contributed by atoms with van der Waals surface area (Å²) in [4.78, 5) is 19.3. The predicted octanol–water partition coefficient (Wildman–Crippen LogP) is 4.05. The lowest BCUT2D eigenvalue weighted by Crippen LogP contribution is -2.35. The van der Waals surface area contributed by atoms with Gasteiger partial charge in [-0.05, 0) is 54.7 Å². The van der Waals surface area contributed by atoms with Crippen LogP contribution in [0.1, 0.15) is 18.9 Å². The first-order chi connectivity index (χ1) is 15.1. The topological polar surface area (TPSA) is 66.8 Å². The SMILES string of the molecule is CC1CC(Cn2cnc3cc(-c4cn[nH]c4)ccc32)CN1C(=O)Cc1cccc(F)c1. The fourth-order valence-electron chi connectivity index (χ4n) is 4.62. The molecule has 2 aromatic carbocycles. The van der Waals surface area contributed by atoms with Crippen LogP contribution in [-0.2, 0) is 17.8 Å². The molecule has 1 aliphatic rings. The minimum Gasteiger partial charge on any atom is -0.339 e. The second-order valence-corrected chi connectivity index (χ2v) is 8.39. The maximum Gasteiger partial charge on any atom is 0.227 e. The Morgan fingerprint density at radius 2 is 2.13 bits per heavy atom. The summed E-state index contributed by atoms with van der Waals surface area (Å²) in [5.41, 5.74) is 4.87. The van der Waals surface area contributed by atoms with Gasteiger partial charge in [-0.3, -0.25) is 9.89 Å².